The Morgan fingerprint density at radius 1 is 0.875 bits per heavy atom. The maximum absolute atomic E-state index is 12.5. The maximum atomic E-state index is 12.5. The number of benzene rings is 1. The van der Waals surface area contributed by atoms with E-state index >= 15 is 0 Å². The third-order valence-electron chi connectivity index (χ3n) is 6.28. The van der Waals surface area contributed by atoms with E-state index in [1.165, 1.54) is 76.7 Å². The highest BCUT2D eigenvalue weighted by molar-refractivity contribution is 5.76. The van der Waals surface area contributed by atoms with Crippen molar-refractivity contribution in [3.8, 4) is 11.5 Å². The summed E-state index contributed by atoms with van der Waals surface area (Å²) < 4.78 is 0. The molecule has 1 unspecified atom stereocenters. The van der Waals surface area contributed by atoms with Gasteiger partial charge in [-0.05, 0) is 63.1 Å². The molecule has 0 bridgehead atoms. The fourth-order valence-corrected chi connectivity index (χ4v) is 3.94. The first-order valence-corrected chi connectivity index (χ1v) is 12.9. The van der Waals surface area contributed by atoms with Crippen LogP contribution in [-0.4, -0.2) is 34.1 Å². The van der Waals surface area contributed by atoms with Crippen molar-refractivity contribution >= 4 is 5.91 Å². The smallest absolute Gasteiger partial charge is 0.222 e. The summed E-state index contributed by atoms with van der Waals surface area (Å²) in [6.45, 7) is 4.28. The molecule has 0 aliphatic rings. The largest absolute Gasteiger partial charge is 0.504 e. The fraction of sp³-hybridized carbons (Fsp3) is 0.679. The molecule has 4 heteroatoms. The van der Waals surface area contributed by atoms with Gasteiger partial charge in [-0.2, -0.15) is 0 Å². The third-order valence-corrected chi connectivity index (χ3v) is 6.28. The number of likely N-dealkylation sites (N-methyl/N-ethyl adjacent to an activating group) is 1. The molecule has 0 spiro atoms. The minimum atomic E-state index is -0.116. The van der Waals surface area contributed by atoms with E-state index in [0.29, 0.717) is 12.8 Å². The van der Waals surface area contributed by atoms with Crippen LogP contribution < -0.4 is 0 Å². The Morgan fingerprint density at radius 3 is 2.03 bits per heavy atom. The standard InChI is InChI=1S/C28H47NO3/c1-4-5-6-7-8-9-10-11-12-13-14-15-16-17-18-19-28(32)29(3)24(2)22-25-20-21-26(30)27(31)23-25/h11-12,20-21,23-24,30-31H,4-10,13-19,22H2,1-3H3/b12-11-. The minimum absolute atomic E-state index is 0.0505. The first kappa shape index (κ1) is 28.1. The molecule has 0 aliphatic heterocycles. The van der Waals surface area contributed by atoms with E-state index in [2.05, 4.69) is 19.1 Å². The van der Waals surface area contributed by atoms with Gasteiger partial charge < -0.3 is 15.1 Å². The van der Waals surface area contributed by atoms with Gasteiger partial charge in [0.05, 0.1) is 0 Å². The van der Waals surface area contributed by atoms with Crippen LogP contribution in [0.25, 0.3) is 0 Å². The summed E-state index contributed by atoms with van der Waals surface area (Å²) in [6.07, 6.45) is 22.3. The highest BCUT2D eigenvalue weighted by Crippen LogP contribution is 2.25. The summed E-state index contributed by atoms with van der Waals surface area (Å²) in [5.41, 5.74) is 0.911. The highest BCUT2D eigenvalue weighted by Gasteiger charge is 2.16. The molecule has 0 aliphatic carbocycles. The van der Waals surface area contributed by atoms with Crippen LogP contribution in [0, 0.1) is 0 Å². The summed E-state index contributed by atoms with van der Waals surface area (Å²) in [5.74, 6) is -0.0508. The van der Waals surface area contributed by atoms with E-state index in [9.17, 15) is 15.0 Å². The van der Waals surface area contributed by atoms with E-state index < -0.39 is 0 Å². The molecule has 1 aromatic rings. The van der Waals surface area contributed by atoms with Crippen molar-refractivity contribution in [3.63, 3.8) is 0 Å². The molecule has 182 valence electrons. The van der Waals surface area contributed by atoms with Crippen molar-refractivity contribution in [1.82, 2.24) is 4.90 Å². The van der Waals surface area contributed by atoms with Gasteiger partial charge in [-0.15, -0.1) is 0 Å². The predicted molar refractivity (Wildman–Crippen MR) is 135 cm³/mol. The number of hydrogen-bond acceptors (Lipinski definition) is 3. The van der Waals surface area contributed by atoms with Gasteiger partial charge in [-0.25, -0.2) is 0 Å². The molecule has 1 aromatic carbocycles. The molecular formula is C28H47NO3. The maximum Gasteiger partial charge on any atom is 0.222 e. The number of carbonyl (C=O) groups excluding carboxylic acids is 1. The van der Waals surface area contributed by atoms with Gasteiger partial charge >= 0.3 is 0 Å². The number of carbonyl (C=O) groups is 1. The van der Waals surface area contributed by atoms with Gasteiger partial charge in [0.2, 0.25) is 5.91 Å². The van der Waals surface area contributed by atoms with Crippen LogP contribution in [0.5, 0.6) is 11.5 Å². The van der Waals surface area contributed by atoms with Crippen molar-refractivity contribution in [3.05, 3.63) is 35.9 Å². The average molecular weight is 446 g/mol. The normalized spacial score (nSPS) is 12.3. The van der Waals surface area contributed by atoms with Crippen molar-refractivity contribution in [2.75, 3.05) is 7.05 Å². The zero-order valence-corrected chi connectivity index (χ0v) is 20.8. The Kier molecular flexibility index (Phi) is 15.4. The van der Waals surface area contributed by atoms with E-state index in [1.807, 2.05) is 14.0 Å². The van der Waals surface area contributed by atoms with Crippen LogP contribution in [-0.2, 0) is 11.2 Å². The molecule has 1 atom stereocenters. The second kappa shape index (κ2) is 17.6. The average Bonchev–Trinajstić information content (AvgIpc) is 2.78. The topological polar surface area (TPSA) is 60.8 Å². The first-order chi connectivity index (χ1) is 15.5. The number of phenols is 2. The quantitative estimate of drug-likeness (QED) is 0.139. The van der Waals surface area contributed by atoms with Crippen molar-refractivity contribution in [2.24, 2.45) is 0 Å². The summed E-state index contributed by atoms with van der Waals surface area (Å²) >= 11 is 0. The molecule has 0 saturated carbocycles. The van der Waals surface area contributed by atoms with Gasteiger partial charge in [-0.1, -0.05) is 76.5 Å². The second-order valence-corrected chi connectivity index (χ2v) is 9.22. The lowest BCUT2D eigenvalue weighted by Crippen LogP contribution is -2.36. The fourth-order valence-electron chi connectivity index (χ4n) is 3.94. The lowest BCUT2D eigenvalue weighted by atomic mass is 10.0. The number of amides is 1. The zero-order valence-electron chi connectivity index (χ0n) is 20.8. The Hall–Kier alpha value is -1.97. The second-order valence-electron chi connectivity index (χ2n) is 9.22. The third kappa shape index (κ3) is 12.8. The van der Waals surface area contributed by atoms with Crippen molar-refractivity contribution in [1.29, 1.82) is 0 Å². The summed E-state index contributed by atoms with van der Waals surface area (Å²) in [5, 5.41) is 19.0. The number of rotatable bonds is 18. The Morgan fingerprint density at radius 2 is 1.44 bits per heavy atom. The lowest BCUT2D eigenvalue weighted by Gasteiger charge is -2.25. The Bertz CT molecular complexity index is 656. The van der Waals surface area contributed by atoms with Gasteiger partial charge in [-0.3, -0.25) is 4.79 Å². The molecule has 0 radical (unpaired) electrons. The van der Waals surface area contributed by atoms with Crippen LogP contribution in [0.3, 0.4) is 0 Å². The van der Waals surface area contributed by atoms with Crippen LogP contribution >= 0.6 is 0 Å². The van der Waals surface area contributed by atoms with E-state index in [1.54, 1.807) is 17.0 Å². The number of nitrogens with zero attached hydrogens (tertiary/aromatic N) is 1. The van der Waals surface area contributed by atoms with Crippen LogP contribution in [0.1, 0.15) is 109 Å². The molecule has 2 N–H and O–H groups in total. The summed E-state index contributed by atoms with van der Waals surface area (Å²) in [7, 11) is 1.85. The number of aromatic hydroxyl groups is 2. The molecule has 0 heterocycles. The highest BCUT2D eigenvalue weighted by atomic mass is 16.3. The molecular weight excluding hydrogens is 398 g/mol. The number of phenolic OH excluding ortho intramolecular Hbond substituents is 2. The zero-order chi connectivity index (χ0) is 23.6. The molecule has 1 amide bonds. The van der Waals surface area contributed by atoms with E-state index in [-0.39, 0.29) is 23.4 Å². The van der Waals surface area contributed by atoms with Crippen molar-refractivity contribution < 1.29 is 15.0 Å². The van der Waals surface area contributed by atoms with Crippen molar-refractivity contribution in [2.45, 2.75) is 116 Å². The van der Waals surface area contributed by atoms with E-state index in [0.717, 1.165) is 18.4 Å². The Balaban J connectivity index is 2.03. The minimum Gasteiger partial charge on any atom is -0.504 e. The molecule has 0 aromatic heterocycles. The number of allylic oxidation sites excluding steroid dienone is 2. The van der Waals surface area contributed by atoms with E-state index in [4.69, 9.17) is 0 Å². The number of unbranched alkanes of at least 4 members (excludes halogenated alkanes) is 11. The first-order valence-electron chi connectivity index (χ1n) is 12.9. The van der Waals surface area contributed by atoms with Gasteiger partial charge in [0.15, 0.2) is 11.5 Å². The lowest BCUT2D eigenvalue weighted by molar-refractivity contribution is -0.131. The van der Waals surface area contributed by atoms with Crippen LogP contribution in [0.15, 0.2) is 30.4 Å². The van der Waals surface area contributed by atoms with Gasteiger partial charge in [0.25, 0.3) is 0 Å². The molecule has 1 rings (SSSR count). The van der Waals surface area contributed by atoms with Crippen LogP contribution in [0.2, 0.25) is 0 Å². The van der Waals surface area contributed by atoms with Crippen LogP contribution in [0.4, 0.5) is 0 Å². The number of hydrogen-bond donors (Lipinski definition) is 2. The molecule has 0 fully saturated rings. The Labute approximate surface area is 196 Å². The summed E-state index contributed by atoms with van der Waals surface area (Å²) in [4.78, 5) is 14.3. The van der Waals surface area contributed by atoms with Gasteiger partial charge in [0, 0.05) is 19.5 Å². The SMILES string of the molecule is CCCCCCCC/C=C\CCCCCCCC(=O)N(C)C(C)Cc1ccc(O)c(O)c1. The van der Waals surface area contributed by atoms with Gasteiger partial charge in [0.1, 0.15) is 0 Å². The molecule has 4 nitrogen and oxygen atoms in total. The summed E-state index contributed by atoms with van der Waals surface area (Å²) in [6, 6.07) is 4.89. The molecule has 32 heavy (non-hydrogen) atoms. The molecule has 0 saturated heterocycles. The monoisotopic (exact) mass is 445 g/mol. The predicted octanol–water partition coefficient (Wildman–Crippen LogP) is 7.52.